The van der Waals surface area contributed by atoms with E-state index in [4.69, 9.17) is 0 Å². The molecule has 1 aliphatic rings. The summed E-state index contributed by atoms with van der Waals surface area (Å²) in [4.78, 5) is 4.50. The molecule has 1 aromatic heterocycles. The van der Waals surface area contributed by atoms with Crippen LogP contribution in [0.3, 0.4) is 0 Å². The standard InChI is InChI=1S/C24H29N3O4S2/c1-18(2)27-22(15-25-24(27)32(28,29)17-20-11-9-19(3)10-12-20)16-26(21-13-14-21)33(30,31)23-7-5-4-6-8-23/h4-12,15,18,21H,13-14,16-17H2,1-3H3. The second-order valence-electron chi connectivity index (χ2n) is 8.84. The Bertz CT molecular complexity index is 1330. The molecule has 0 amide bonds. The third-order valence-electron chi connectivity index (χ3n) is 5.73. The maximum absolute atomic E-state index is 13.3. The minimum atomic E-state index is -3.73. The predicted molar refractivity (Wildman–Crippen MR) is 127 cm³/mol. The Morgan fingerprint density at radius 1 is 1.00 bits per heavy atom. The minimum Gasteiger partial charge on any atom is -0.315 e. The molecule has 0 bridgehead atoms. The lowest BCUT2D eigenvalue weighted by Crippen LogP contribution is -2.33. The van der Waals surface area contributed by atoms with Gasteiger partial charge in [0.15, 0.2) is 0 Å². The number of imidazole rings is 1. The van der Waals surface area contributed by atoms with E-state index in [2.05, 4.69) is 4.98 Å². The van der Waals surface area contributed by atoms with Gasteiger partial charge in [-0.2, -0.15) is 4.31 Å². The van der Waals surface area contributed by atoms with Crippen LogP contribution >= 0.6 is 0 Å². The molecule has 0 radical (unpaired) electrons. The van der Waals surface area contributed by atoms with Crippen molar-refractivity contribution in [2.45, 2.75) is 68.0 Å². The van der Waals surface area contributed by atoms with Crippen molar-refractivity contribution in [1.29, 1.82) is 0 Å². The number of hydrogen-bond acceptors (Lipinski definition) is 5. The largest absolute Gasteiger partial charge is 0.315 e. The van der Waals surface area contributed by atoms with Gasteiger partial charge in [-0.25, -0.2) is 21.8 Å². The number of nitrogens with zero attached hydrogens (tertiary/aromatic N) is 3. The normalized spacial score (nSPS) is 14.8. The minimum absolute atomic E-state index is 0.0269. The average Bonchev–Trinajstić information content (AvgIpc) is 3.51. The van der Waals surface area contributed by atoms with Crippen LogP contribution in [0.5, 0.6) is 0 Å². The summed E-state index contributed by atoms with van der Waals surface area (Å²) in [6.45, 7) is 5.78. The van der Waals surface area contributed by atoms with Crippen LogP contribution in [0, 0.1) is 6.92 Å². The van der Waals surface area contributed by atoms with Crippen LogP contribution in [0.2, 0.25) is 0 Å². The monoisotopic (exact) mass is 487 g/mol. The summed E-state index contributed by atoms with van der Waals surface area (Å²) in [6, 6.07) is 15.4. The topological polar surface area (TPSA) is 89.3 Å². The highest BCUT2D eigenvalue weighted by atomic mass is 32.2. The molecular formula is C24H29N3O4S2. The second kappa shape index (κ2) is 9.04. The van der Waals surface area contributed by atoms with E-state index in [1.165, 1.54) is 10.5 Å². The molecule has 0 N–H and O–H groups in total. The first-order chi connectivity index (χ1) is 15.6. The quantitative estimate of drug-likeness (QED) is 0.453. The number of hydrogen-bond donors (Lipinski definition) is 0. The highest BCUT2D eigenvalue weighted by Crippen LogP contribution is 2.34. The lowest BCUT2D eigenvalue weighted by Gasteiger charge is -2.24. The van der Waals surface area contributed by atoms with Crippen molar-refractivity contribution >= 4 is 19.9 Å². The Labute approximate surface area is 196 Å². The maximum atomic E-state index is 13.3. The van der Waals surface area contributed by atoms with Crippen molar-refractivity contribution in [3.05, 3.63) is 77.6 Å². The number of aromatic nitrogens is 2. The lowest BCUT2D eigenvalue weighted by molar-refractivity contribution is 0.378. The highest BCUT2D eigenvalue weighted by Gasteiger charge is 2.39. The molecule has 1 heterocycles. The SMILES string of the molecule is Cc1ccc(CS(=O)(=O)c2ncc(CN(C3CC3)S(=O)(=O)c3ccccc3)n2C(C)C)cc1. The van der Waals surface area contributed by atoms with Gasteiger partial charge in [0.25, 0.3) is 0 Å². The van der Waals surface area contributed by atoms with E-state index in [0.29, 0.717) is 11.3 Å². The fourth-order valence-electron chi connectivity index (χ4n) is 3.91. The summed E-state index contributed by atoms with van der Waals surface area (Å²) in [5.41, 5.74) is 2.31. The summed E-state index contributed by atoms with van der Waals surface area (Å²) >= 11 is 0. The average molecular weight is 488 g/mol. The zero-order valence-corrected chi connectivity index (χ0v) is 20.7. The third kappa shape index (κ3) is 5.05. The number of aryl methyl sites for hydroxylation is 1. The van der Waals surface area contributed by atoms with Crippen molar-refractivity contribution < 1.29 is 16.8 Å². The van der Waals surface area contributed by atoms with Crippen molar-refractivity contribution in [2.24, 2.45) is 0 Å². The summed E-state index contributed by atoms with van der Waals surface area (Å²) < 4.78 is 56.4. The van der Waals surface area contributed by atoms with Gasteiger partial charge in [0.2, 0.25) is 25.0 Å². The first kappa shape index (κ1) is 23.7. The van der Waals surface area contributed by atoms with Gasteiger partial charge in [-0.1, -0.05) is 48.0 Å². The first-order valence-corrected chi connectivity index (χ1v) is 14.1. The molecule has 3 aromatic rings. The van der Waals surface area contributed by atoms with E-state index >= 15 is 0 Å². The van der Waals surface area contributed by atoms with E-state index in [9.17, 15) is 16.8 Å². The zero-order chi connectivity index (χ0) is 23.8. The molecule has 7 nitrogen and oxygen atoms in total. The summed E-state index contributed by atoms with van der Waals surface area (Å²) in [5, 5.41) is -0.0269. The van der Waals surface area contributed by atoms with Crippen molar-refractivity contribution in [3.63, 3.8) is 0 Å². The molecule has 0 atom stereocenters. The van der Waals surface area contributed by atoms with Gasteiger partial charge in [-0.05, 0) is 51.3 Å². The number of sulfone groups is 1. The van der Waals surface area contributed by atoms with Gasteiger partial charge in [0, 0.05) is 12.1 Å². The maximum Gasteiger partial charge on any atom is 0.243 e. The second-order valence-corrected chi connectivity index (χ2v) is 12.6. The van der Waals surface area contributed by atoms with Gasteiger partial charge >= 0.3 is 0 Å². The smallest absolute Gasteiger partial charge is 0.243 e. The summed E-state index contributed by atoms with van der Waals surface area (Å²) in [6.07, 6.45) is 3.08. The Balaban J connectivity index is 1.68. The molecule has 0 aliphatic heterocycles. The van der Waals surface area contributed by atoms with Crippen molar-refractivity contribution in [1.82, 2.24) is 13.9 Å². The van der Waals surface area contributed by atoms with Gasteiger partial charge in [-0.15, -0.1) is 0 Å². The number of benzene rings is 2. The first-order valence-electron chi connectivity index (χ1n) is 11.0. The van der Waals surface area contributed by atoms with Crippen molar-refractivity contribution in [3.8, 4) is 0 Å². The van der Waals surface area contributed by atoms with Gasteiger partial charge in [0.05, 0.1) is 29.1 Å². The van der Waals surface area contributed by atoms with Crippen LogP contribution in [0.25, 0.3) is 0 Å². The van der Waals surface area contributed by atoms with Gasteiger partial charge < -0.3 is 4.57 Å². The summed E-state index contributed by atoms with van der Waals surface area (Å²) in [7, 11) is -7.44. The van der Waals surface area contributed by atoms with Crippen LogP contribution in [0.15, 0.2) is 70.8 Å². The van der Waals surface area contributed by atoms with Crippen LogP contribution in [-0.2, 0) is 32.2 Å². The zero-order valence-electron chi connectivity index (χ0n) is 19.0. The highest BCUT2D eigenvalue weighted by molar-refractivity contribution is 7.90. The van der Waals surface area contributed by atoms with Gasteiger partial charge in [-0.3, -0.25) is 0 Å². The van der Waals surface area contributed by atoms with E-state index in [-0.39, 0.29) is 34.4 Å². The Hall–Kier alpha value is -2.49. The molecule has 2 aromatic carbocycles. The fourth-order valence-corrected chi connectivity index (χ4v) is 7.18. The third-order valence-corrected chi connectivity index (χ3v) is 9.22. The predicted octanol–water partition coefficient (Wildman–Crippen LogP) is 4.10. The molecule has 0 saturated heterocycles. The van der Waals surface area contributed by atoms with E-state index < -0.39 is 19.9 Å². The molecule has 1 aliphatic carbocycles. The number of sulfonamides is 1. The van der Waals surface area contributed by atoms with Crippen LogP contribution in [0.1, 0.15) is 49.6 Å². The van der Waals surface area contributed by atoms with E-state index in [0.717, 1.165) is 18.4 Å². The van der Waals surface area contributed by atoms with Crippen LogP contribution in [0.4, 0.5) is 0 Å². The van der Waals surface area contributed by atoms with Gasteiger partial charge in [0.1, 0.15) is 0 Å². The van der Waals surface area contributed by atoms with E-state index in [1.807, 2.05) is 32.9 Å². The molecule has 1 saturated carbocycles. The lowest BCUT2D eigenvalue weighted by atomic mass is 10.2. The molecule has 1 fully saturated rings. The molecule has 0 unspecified atom stereocenters. The summed E-state index contributed by atoms with van der Waals surface area (Å²) in [5.74, 6) is -0.162. The van der Waals surface area contributed by atoms with Crippen LogP contribution < -0.4 is 0 Å². The Morgan fingerprint density at radius 2 is 1.64 bits per heavy atom. The van der Waals surface area contributed by atoms with E-state index in [1.54, 1.807) is 47.0 Å². The molecule has 176 valence electrons. The Morgan fingerprint density at radius 3 is 2.21 bits per heavy atom. The Kier molecular flexibility index (Phi) is 6.48. The molecule has 33 heavy (non-hydrogen) atoms. The fraction of sp³-hybridized carbons (Fsp3) is 0.375. The molecule has 0 spiro atoms. The molecule has 4 rings (SSSR count). The molecular weight excluding hydrogens is 458 g/mol. The van der Waals surface area contributed by atoms with Crippen LogP contribution in [-0.4, -0.2) is 36.7 Å². The van der Waals surface area contributed by atoms with Crippen molar-refractivity contribution in [2.75, 3.05) is 0 Å². The molecule has 9 heteroatoms. The number of rotatable bonds is 9.